The lowest BCUT2D eigenvalue weighted by atomic mass is 9.97. The first-order valence-electron chi connectivity index (χ1n) is 5.65. The van der Waals surface area contributed by atoms with Crippen LogP contribution in [-0.2, 0) is 7.05 Å². The molecule has 0 bridgehead atoms. The van der Waals surface area contributed by atoms with E-state index in [2.05, 4.69) is 15.6 Å². The van der Waals surface area contributed by atoms with E-state index in [1.165, 1.54) is 4.68 Å². The van der Waals surface area contributed by atoms with Gasteiger partial charge in [0.25, 0.3) is 5.91 Å². The number of hydrogen-bond acceptors (Lipinski definition) is 4. The van der Waals surface area contributed by atoms with Crippen LogP contribution < -0.4 is 11.1 Å². The maximum absolute atomic E-state index is 12.1. The van der Waals surface area contributed by atoms with Crippen molar-refractivity contribution in [3.63, 3.8) is 0 Å². The van der Waals surface area contributed by atoms with Crippen LogP contribution in [0.1, 0.15) is 36.5 Å². The van der Waals surface area contributed by atoms with E-state index >= 15 is 0 Å². The van der Waals surface area contributed by atoms with E-state index in [1.807, 2.05) is 6.92 Å². The van der Waals surface area contributed by atoms with Crippen LogP contribution in [0.4, 0.5) is 0 Å². The summed E-state index contributed by atoms with van der Waals surface area (Å²) in [7, 11) is 1.69. The van der Waals surface area contributed by atoms with Gasteiger partial charge in [0.2, 0.25) is 0 Å². The molecule has 1 aromatic heterocycles. The first kappa shape index (κ1) is 14.0. The summed E-state index contributed by atoms with van der Waals surface area (Å²) in [6.07, 6.45) is 0.505. The molecule has 0 fully saturated rings. The largest absolute Gasteiger partial charge is 0.409 e. The fourth-order valence-corrected chi connectivity index (χ4v) is 1.58. The summed E-state index contributed by atoms with van der Waals surface area (Å²) in [6.45, 7) is 5.34. The lowest BCUT2D eigenvalue weighted by Gasteiger charge is -2.27. The monoisotopic (exact) mass is 253 g/mol. The van der Waals surface area contributed by atoms with E-state index in [9.17, 15) is 4.79 Å². The Morgan fingerprint density at radius 3 is 2.72 bits per heavy atom. The highest BCUT2D eigenvalue weighted by Gasteiger charge is 2.30. The maximum atomic E-state index is 12.1. The van der Waals surface area contributed by atoms with E-state index in [0.29, 0.717) is 12.1 Å². The average Bonchev–Trinajstić information content (AvgIpc) is 2.67. The zero-order chi connectivity index (χ0) is 13.9. The van der Waals surface area contributed by atoms with E-state index in [-0.39, 0.29) is 11.7 Å². The van der Waals surface area contributed by atoms with E-state index in [4.69, 9.17) is 10.9 Å². The van der Waals surface area contributed by atoms with Crippen molar-refractivity contribution in [1.29, 1.82) is 0 Å². The predicted molar refractivity (Wildman–Crippen MR) is 67.5 cm³/mol. The highest BCUT2D eigenvalue weighted by atomic mass is 16.4. The van der Waals surface area contributed by atoms with Crippen molar-refractivity contribution in [2.75, 3.05) is 0 Å². The van der Waals surface area contributed by atoms with Crippen LogP contribution in [0.5, 0.6) is 0 Å². The minimum atomic E-state index is -0.885. The minimum Gasteiger partial charge on any atom is -0.409 e. The molecule has 0 saturated heterocycles. The van der Waals surface area contributed by atoms with Crippen molar-refractivity contribution >= 4 is 11.7 Å². The third kappa shape index (κ3) is 2.61. The van der Waals surface area contributed by atoms with Crippen molar-refractivity contribution in [3.05, 3.63) is 17.5 Å². The van der Waals surface area contributed by atoms with Gasteiger partial charge in [-0.3, -0.25) is 9.48 Å². The summed E-state index contributed by atoms with van der Waals surface area (Å²) in [5, 5.41) is 18.5. The number of nitrogens with one attached hydrogen (secondary N) is 1. The Hall–Kier alpha value is -2.05. The Bertz CT molecular complexity index is 480. The molecule has 0 spiro atoms. The molecule has 1 atom stereocenters. The molecule has 1 aromatic rings. The summed E-state index contributed by atoms with van der Waals surface area (Å²) in [4.78, 5) is 12.1. The van der Waals surface area contributed by atoms with Crippen LogP contribution in [0.2, 0.25) is 0 Å². The molecule has 0 saturated carbocycles. The molecule has 0 aliphatic heterocycles. The number of nitrogens with zero attached hydrogens (tertiary/aromatic N) is 3. The Morgan fingerprint density at radius 1 is 1.72 bits per heavy atom. The van der Waals surface area contributed by atoms with E-state index in [1.54, 1.807) is 27.0 Å². The molecule has 100 valence electrons. The third-order valence-electron chi connectivity index (χ3n) is 3.00. The van der Waals surface area contributed by atoms with Crippen molar-refractivity contribution in [2.45, 2.75) is 32.7 Å². The molecular formula is C11H19N5O2. The zero-order valence-electron chi connectivity index (χ0n) is 11.1. The molecule has 1 rings (SSSR count). The summed E-state index contributed by atoms with van der Waals surface area (Å²) >= 11 is 0. The van der Waals surface area contributed by atoms with Gasteiger partial charge in [0.15, 0.2) is 5.84 Å². The van der Waals surface area contributed by atoms with Crippen molar-refractivity contribution < 1.29 is 10.0 Å². The molecule has 4 N–H and O–H groups in total. The SMILES string of the molecule is CCC(C)(NC(=O)c1cc(C)nn1C)C(N)=NO. The molecule has 0 radical (unpaired) electrons. The number of aryl methyl sites for hydroxylation is 2. The van der Waals surface area contributed by atoms with E-state index in [0.717, 1.165) is 5.69 Å². The Labute approximate surface area is 106 Å². The lowest BCUT2D eigenvalue weighted by Crippen LogP contribution is -2.55. The number of hydrogen-bond donors (Lipinski definition) is 3. The number of carbonyl (C=O) groups is 1. The quantitative estimate of drug-likeness (QED) is 0.312. The van der Waals surface area contributed by atoms with Crippen LogP contribution in [0, 0.1) is 6.92 Å². The zero-order valence-corrected chi connectivity index (χ0v) is 11.1. The van der Waals surface area contributed by atoms with Crippen LogP contribution in [0.3, 0.4) is 0 Å². The number of nitrogens with two attached hydrogens (primary N) is 1. The Morgan fingerprint density at radius 2 is 2.33 bits per heavy atom. The molecule has 18 heavy (non-hydrogen) atoms. The van der Waals surface area contributed by atoms with Gasteiger partial charge in [0.1, 0.15) is 5.69 Å². The Kier molecular flexibility index (Phi) is 3.95. The summed E-state index contributed by atoms with van der Waals surface area (Å²) in [6, 6.07) is 1.68. The average molecular weight is 253 g/mol. The predicted octanol–water partition coefficient (Wildman–Crippen LogP) is 0.373. The van der Waals surface area contributed by atoms with Gasteiger partial charge in [-0.15, -0.1) is 0 Å². The first-order valence-corrected chi connectivity index (χ1v) is 5.65. The van der Waals surface area contributed by atoms with Crippen molar-refractivity contribution in [3.8, 4) is 0 Å². The highest BCUT2D eigenvalue weighted by molar-refractivity contribution is 5.99. The summed E-state index contributed by atoms with van der Waals surface area (Å²) in [5.74, 6) is -0.341. The smallest absolute Gasteiger partial charge is 0.270 e. The van der Waals surface area contributed by atoms with Crippen molar-refractivity contribution in [1.82, 2.24) is 15.1 Å². The fourth-order valence-electron chi connectivity index (χ4n) is 1.58. The van der Waals surface area contributed by atoms with Crippen LogP contribution in [0.15, 0.2) is 11.2 Å². The van der Waals surface area contributed by atoms with Gasteiger partial charge >= 0.3 is 0 Å². The fraction of sp³-hybridized carbons (Fsp3) is 0.545. The number of rotatable bonds is 4. The molecule has 7 heteroatoms. The second-order valence-corrected chi connectivity index (χ2v) is 4.42. The van der Waals surface area contributed by atoms with Gasteiger partial charge in [-0.05, 0) is 26.3 Å². The highest BCUT2D eigenvalue weighted by Crippen LogP contribution is 2.11. The second kappa shape index (κ2) is 5.07. The molecule has 0 aliphatic carbocycles. The Balaban J connectivity index is 2.97. The molecule has 0 aromatic carbocycles. The topological polar surface area (TPSA) is 106 Å². The lowest BCUT2D eigenvalue weighted by molar-refractivity contribution is 0.0915. The molecule has 0 aliphatic rings. The molecular weight excluding hydrogens is 234 g/mol. The van der Waals surface area contributed by atoms with Gasteiger partial charge in [-0.25, -0.2) is 0 Å². The van der Waals surface area contributed by atoms with Crippen LogP contribution in [0.25, 0.3) is 0 Å². The van der Waals surface area contributed by atoms with Gasteiger partial charge in [0, 0.05) is 7.05 Å². The number of carbonyl (C=O) groups excluding carboxylic acids is 1. The van der Waals surface area contributed by atoms with Gasteiger partial charge in [-0.1, -0.05) is 12.1 Å². The number of amidine groups is 1. The number of aromatic nitrogens is 2. The number of oxime groups is 1. The molecule has 1 unspecified atom stereocenters. The van der Waals surface area contributed by atoms with Gasteiger partial charge in [-0.2, -0.15) is 5.10 Å². The van der Waals surface area contributed by atoms with Crippen LogP contribution in [-0.4, -0.2) is 32.3 Å². The van der Waals surface area contributed by atoms with Crippen molar-refractivity contribution in [2.24, 2.45) is 17.9 Å². The molecule has 1 heterocycles. The molecule has 1 amide bonds. The van der Waals surface area contributed by atoms with Crippen LogP contribution >= 0.6 is 0 Å². The maximum Gasteiger partial charge on any atom is 0.270 e. The normalized spacial score (nSPS) is 15.2. The van der Waals surface area contributed by atoms with Gasteiger partial charge < -0.3 is 16.3 Å². The number of amides is 1. The second-order valence-electron chi connectivity index (χ2n) is 4.42. The summed E-state index contributed by atoms with van der Waals surface area (Å²) in [5.41, 5.74) is 5.89. The van der Waals surface area contributed by atoms with Gasteiger partial charge in [0.05, 0.1) is 11.2 Å². The molecule has 7 nitrogen and oxygen atoms in total. The minimum absolute atomic E-state index is 0.0303. The standard InChI is InChI=1S/C11H19N5O2/c1-5-11(3,10(12)15-18)13-9(17)8-6-7(2)14-16(8)4/h6,18H,5H2,1-4H3,(H2,12,15)(H,13,17). The van der Waals surface area contributed by atoms with E-state index < -0.39 is 5.54 Å². The summed E-state index contributed by atoms with van der Waals surface area (Å²) < 4.78 is 1.49. The first-order chi connectivity index (χ1) is 8.34. The third-order valence-corrected chi connectivity index (χ3v) is 3.00.